The fourth-order valence-electron chi connectivity index (χ4n) is 3.15. The predicted molar refractivity (Wildman–Crippen MR) is 105 cm³/mol. The zero-order valence-corrected chi connectivity index (χ0v) is 17.8. The first-order valence-electron chi connectivity index (χ1n) is 8.89. The Morgan fingerprint density at radius 1 is 0.966 bits per heavy atom. The van der Waals surface area contributed by atoms with Crippen LogP contribution in [0.25, 0.3) is 0 Å². The predicted octanol–water partition coefficient (Wildman–Crippen LogP) is 5.85. The van der Waals surface area contributed by atoms with Crippen molar-refractivity contribution in [1.29, 1.82) is 0 Å². The molecule has 0 amide bonds. The van der Waals surface area contributed by atoms with E-state index in [0.29, 0.717) is 5.56 Å². The van der Waals surface area contributed by atoms with E-state index in [2.05, 4.69) is 4.74 Å². The molecule has 0 spiro atoms. The van der Waals surface area contributed by atoms with Gasteiger partial charge in [0.25, 0.3) is 0 Å². The molecule has 2 aromatic carbocycles. The number of fused-ring (bicyclic) bond motifs is 1. The molecule has 9 heteroatoms. The Bertz CT molecular complexity index is 900. The van der Waals surface area contributed by atoms with E-state index in [1.54, 1.807) is 38.1 Å². The first-order chi connectivity index (χ1) is 13.6. The maximum absolute atomic E-state index is 15.1. The molecule has 2 heterocycles. The standard InChI is InChI=1S/C20H19F4IO4/c1-18(2)14-8-4-5-9-15(14)25(29-18)19(21,22)20(23,24)28-16-10-6-3-7-13(16)17-26-11-12-27-17/h3-10,17H,11-12H2,1-2H3. The van der Waals surface area contributed by atoms with Crippen LogP contribution < -0.4 is 4.74 Å². The average molecular weight is 526 g/mol. The molecule has 0 bridgehead atoms. The zero-order valence-electron chi connectivity index (χ0n) is 15.6. The molecule has 2 aromatic rings. The first-order valence-corrected chi connectivity index (χ1v) is 11.9. The van der Waals surface area contributed by atoms with Crippen molar-refractivity contribution in [2.24, 2.45) is 0 Å². The van der Waals surface area contributed by atoms with Crippen LogP contribution in [0.1, 0.15) is 31.3 Å². The van der Waals surface area contributed by atoms with E-state index in [4.69, 9.17) is 12.5 Å². The van der Waals surface area contributed by atoms with E-state index >= 15 is 8.78 Å². The molecule has 0 radical (unpaired) electrons. The van der Waals surface area contributed by atoms with Crippen LogP contribution in [0.15, 0.2) is 48.5 Å². The van der Waals surface area contributed by atoms with E-state index in [1.165, 1.54) is 24.3 Å². The third-order valence-electron chi connectivity index (χ3n) is 4.56. The number of alkyl halides is 5. The van der Waals surface area contributed by atoms with Crippen molar-refractivity contribution in [2.75, 3.05) is 13.2 Å². The molecule has 0 N–H and O–H groups in total. The van der Waals surface area contributed by atoms with Gasteiger partial charge in [0, 0.05) is 0 Å². The van der Waals surface area contributed by atoms with Crippen LogP contribution >= 0.6 is 20.2 Å². The Kier molecular flexibility index (Phi) is 5.29. The summed E-state index contributed by atoms with van der Waals surface area (Å²) < 4.78 is 76.4. The van der Waals surface area contributed by atoms with Crippen LogP contribution in [0.4, 0.5) is 17.6 Å². The van der Waals surface area contributed by atoms with Gasteiger partial charge < -0.3 is 0 Å². The summed E-state index contributed by atoms with van der Waals surface area (Å²) in [5, 5.41) is 0. The van der Waals surface area contributed by atoms with E-state index in [-0.39, 0.29) is 22.3 Å². The van der Waals surface area contributed by atoms with Crippen LogP contribution in [0.5, 0.6) is 5.75 Å². The van der Waals surface area contributed by atoms with Gasteiger partial charge in [0.05, 0.1) is 0 Å². The third-order valence-corrected chi connectivity index (χ3v) is 9.95. The topological polar surface area (TPSA) is 36.9 Å². The molecule has 29 heavy (non-hydrogen) atoms. The van der Waals surface area contributed by atoms with Gasteiger partial charge in [0.2, 0.25) is 0 Å². The molecule has 0 saturated carbocycles. The van der Waals surface area contributed by atoms with Crippen molar-refractivity contribution >= 4 is 20.2 Å². The summed E-state index contributed by atoms with van der Waals surface area (Å²) >= 11 is -4.11. The maximum atomic E-state index is 15.1. The van der Waals surface area contributed by atoms with Crippen LogP contribution in [0.3, 0.4) is 0 Å². The summed E-state index contributed by atoms with van der Waals surface area (Å²) in [6.07, 6.45) is -5.71. The quantitative estimate of drug-likeness (QED) is 0.278. The van der Waals surface area contributed by atoms with Gasteiger partial charge in [-0.05, 0) is 0 Å². The molecular formula is C20H19F4IO4. The summed E-state index contributed by atoms with van der Waals surface area (Å²) in [4.78, 5) is 0. The van der Waals surface area contributed by atoms with Gasteiger partial charge in [0.15, 0.2) is 0 Å². The van der Waals surface area contributed by atoms with Crippen LogP contribution in [-0.2, 0) is 18.1 Å². The Labute approximate surface area is 173 Å². The summed E-state index contributed by atoms with van der Waals surface area (Å²) in [5.41, 5.74) is -0.420. The number of ether oxygens (including phenoxy) is 3. The van der Waals surface area contributed by atoms with Gasteiger partial charge in [-0.1, -0.05) is 0 Å². The van der Waals surface area contributed by atoms with Crippen molar-refractivity contribution in [3.63, 3.8) is 0 Å². The van der Waals surface area contributed by atoms with Crippen molar-refractivity contribution in [1.82, 2.24) is 0 Å². The SMILES string of the molecule is CC1(C)OI(C(F)(F)C(F)(F)Oc2ccccc2C2OCCO2)c2ccccc21. The van der Waals surface area contributed by atoms with Crippen molar-refractivity contribution in [3.8, 4) is 5.75 Å². The number of hydrogen-bond donors (Lipinski definition) is 0. The van der Waals surface area contributed by atoms with E-state index < -0.39 is 47.9 Å². The second-order valence-corrected chi connectivity index (χ2v) is 11.4. The Balaban J connectivity index is 1.66. The van der Waals surface area contributed by atoms with Gasteiger partial charge >= 0.3 is 173 Å². The Hall–Kier alpha value is -1.43. The van der Waals surface area contributed by atoms with Gasteiger partial charge in [-0.2, -0.15) is 0 Å². The van der Waals surface area contributed by atoms with Gasteiger partial charge in [0.1, 0.15) is 0 Å². The third kappa shape index (κ3) is 3.62. The minimum absolute atomic E-state index is 0.136. The molecule has 4 nitrogen and oxygen atoms in total. The van der Waals surface area contributed by atoms with Crippen molar-refractivity contribution in [3.05, 3.63) is 63.2 Å². The first kappa shape index (κ1) is 20.8. The Morgan fingerprint density at radius 2 is 1.59 bits per heavy atom. The number of hydrogen-bond acceptors (Lipinski definition) is 4. The molecule has 0 atom stereocenters. The van der Waals surface area contributed by atoms with Gasteiger partial charge in [-0.15, -0.1) is 0 Å². The second kappa shape index (κ2) is 7.36. The van der Waals surface area contributed by atoms with Crippen LogP contribution in [0.2, 0.25) is 0 Å². The monoisotopic (exact) mass is 526 g/mol. The number of rotatable bonds is 5. The van der Waals surface area contributed by atoms with E-state index in [1.807, 2.05) is 0 Å². The minimum atomic E-state index is -4.78. The fourth-order valence-corrected chi connectivity index (χ4v) is 8.31. The van der Waals surface area contributed by atoms with Gasteiger partial charge in [-0.3, -0.25) is 0 Å². The second-order valence-electron chi connectivity index (χ2n) is 7.04. The number of halogens is 5. The molecule has 0 unspecified atom stereocenters. The van der Waals surface area contributed by atoms with Crippen molar-refractivity contribution in [2.45, 2.75) is 35.8 Å². The molecule has 0 aromatic heterocycles. The molecule has 158 valence electrons. The molecule has 2 aliphatic rings. The molecule has 1 saturated heterocycles. The van der Waals surface area contributed by atoms with Crippen LogP contribution in [-0.4, -0.2) is 23.3 Å². The molecule has 4 rings (SSSR count). The molecule has 0 aliphatic carbocycles. The molecular weight excluding hydrogens is 507 g/mol. The van der Waals surface area contributed by atoms with Gasteiger partial charge in [-0.25, -0.2) is 0 Å². The van der Waals surface area contributed by atoms with Crippen LogP contribution in [0, 0.1) is 3.57 Å². The summed E-state index contributed by atoms with van der Waals surface area (Å²) in [6.45, 7) is 3.76. The summed E-state index contributed by atoms with van der Waals surface area (Å²) in [6, 6.07) is 11.9. The summed E-state index contributed by atoms with van der Waals surface area (Å²) in [7, 11) is 0. The Morgan fingerprint density at radius 3 is 2.31 bits per heavy atom. The molecule has 1 fully saturated rings. The van der Waals surface area contributed by atoms with E-state index in [9.17, 15) is 8.78 Å². The number of para-hydroxylation sites is 1. The average Bonchev–Trinajstić information content (AvgIpc) is 3.29. The van der Waals surface area contributed by atoms with E-state index in [0.717, 1.165) is 0 Å². The number of benzene rings is 2. The zero-order chi connectivity index (χ0) is 20.9. The normalized spacial score (nSPS) is 20.7. The fraction of sp³-hybridized carbons (Fsp3) is 0.400. The molecule has 2 aliphatic heterocycles. The summed E-state index contributed by atoms with van der Waals surface area (Å²) in [5.74, 6) is -0.410. The van der Waals surface area contributed by atoms with Crippen molar-refractivity contribution < 1.29 is 34.8 Å².